The highest BCUT2D eigenvalue weighted by molar-refractivity contribution is 9.10. The van der Waals surface area contributed by atoms with E-state index < -0.39 is 0 Å². The number of ether oxygens (including phenoxy) is 2. The van der Waals surface area contributed by atoms with Crippen molar-refractivity contribution in [2.24, 2.45) is 0 Å². The van der Waals surface area contributed by atoms with Gasteiger partial charge in [0, 0.05) is 29.0 Å². The van der Waals surface area contributed by atoms with E-state index >= 15 is 0 Å². The summed E-state index contributed by atoms with van der Waals surface area (Å²) in [6, 6.07) is 4.73. The maximum atomic E-state index is 11.8. The Hall–Kier alpha value is -1.07. The highest BCUT2D eigenvalue weighted by atomic mass is 79.9. The molecule has 1 saturated carbocycles. The molecule has 3 rings (SSSR count). The molecule has 0 spiro atoms. The third-order valence-corrected chi connectivity index (χ3v) is 4.36. The van der Waals surface area contributed by atoms with Gasteiger partial charge in [0.15, 0.2) is 0 Å². The number of esters is 1. The van der Waals surface area contributed by atoms with Crippen LogP contribution in [0.15, 0.2) is 16.6 Å². The van der Waals surface area contributed by atoms with Gasteiger partial charge in [-0.1, -0.05) is 15.9 Å². The van der Waals surface area contributed by atoms with Gasteiger partial charge in [-0.2, -0.15) is 0 Å². The summed E-state index contributed by atoms with van der Waals surface area (Å²) in [5, 5.41) is 0. The van der Waals surface area contributed by atoms with Crippen LogP contribution in [-0.4, -0.2) is 36.7 Å². The fourth-order valence-corrected chi connectivity index (χ4v) is 3.36. The van der Waals surface area contributed by atoms with Gasteiger partial charge in [0.2, 0.25) is 0 Å². The zero-order valence-corrected chi connectivity index (χ0v) is 13.8. The topological polar surface area (TPSA) is 38.8 Å². The highest BCUT2D eigenvalue weighted by Gasteiger charge is 2.32. The number of hydrogen-bond donors (Lipinski definition) is 0. The molecule has 1 aliphatic heterocycles. The van der Waals surface area contributed by atoms with Crippen molar-refractivity contribution in [3.05, 3.63) is 27.7 Å². The van der Waals surface area contributed by atoms with Crippen LogP contribution in [0.3, 0.4) is 0 Å². The minimum atomic E-state index is -0.142. The number of fused-ring (bicyclic) bond motifs is 1. The fraction of sp³-hybridized carbons (Fsp3) is 0.562. The zero-order chi connectivity index (χ0) is 14.8. The van der Waals surface area contributed by atoms with E-state index in [-0.39, 0.29) is 5.97 Å². The quantitative estimate of drug-likeness (QED) is 0.737. The Morgan fingerprint density at radius 3 is 3.00 bits per heavy atom. The van der Waals surface area contributed by atoms with Crippen LogP contribution in [0.5, 0.6) is 5.75 Å². The minimum absolute atomic E-state index is 0.142. The Bertz CT molecular complexity index is 543. The molecule has 4 nitrogen and oxygen atoms in total. The van der Waals surface area contributed by atoms with Crippen molar-refractivity contribution in [1.29, 1.82) is 0 Å². The van der Waals surface area contributed by atoms with Gasteiger partial charge < -0.3 is 9.47 Å². The van der Waals surface area contributed by atoms with Gasteiger partial charge in [0.25, 0.3) is 0 Å². The molecule has 0 amide bonds. The van der Waals surface area contributed by atoms with Crippen molar-refractivity contribution in [1.82, 2.24) is 4.90 Å². The molecule has 0 atom stereocenters. The lowest BCUT2D eigenvalue weighted by Gasteiger charge is -2.22. The molecule has 1 aromatic rings. The summed E-state index contributed by atoms with van der Waals surface area (Å²) in [6.07, 6.45) is 3.29. The molecule has 1 aliphatic carbocycles. The van der Waals surface area contributed by atoms with Gasteiger partial charge in [-0.05, 0) is 37.5 Å². The van der Waals surface area contributed by atoms with Gasteiger partial charge in [0.05, 0.1) is 19.8 Å². The molecule has 0 N–H and O–H groups in total. The maximum Gasteiger partial charge on any atom is 0.320 e. The lowest BCUT2D eigenvalue weighted by Crippen LogP contribution is -2.32. The number of benzene rings is 1. The van der Waals surface area contributed by atoms with Crippen molar-refractivity contribution < 1.29 is 14.3 Å². The normalized spacial score (nSPS) is 16.7. The number of nitrogens with zero attached hydrogens (tertiary/aromatic N) is 1. The molecule has 5 heteroatoms. The van der Waals surface area contributed by atoms with E-state index in [0.29, 0.717) is 19.2 Å². The smallest absolute Gasteiger partial charge is 0.320 e. The molecule has 0 unspecified atom stereocenters. The molecule has 0 radical (unpaired) electrons. The number of halogens is 1. The molecule has 114 valence electrons. The molecule has 21 heavy (non-hydrogen) atoms. The third kappa shape index (κ3) is 3.58. The standard InChI is InChI=1S/C16H20BrNO3/c1-2-20-15(19)10-18(14-3-4-14)9-12-8-13(17)7-11-5-6-21-16(11)12/h7-8,14H,2-6,9-10H2,1H3. The molecule has 1 heterocycles. The molecule has 1 aromatic carbocycles. The minimum Gasteiger partial charge on any atom is -0.493 e. The first-order valence-electron chi connectivity index (χ1n) is 7.51. The summed E-state index contributed by atoms with van der Waals surface area (Å²) in [5.74, 6) is 0.865. The van der Waals surface area contributed by atoms with Gasteiger partial charge in [-0.3, -0.25) is 9.69 Å². The van der Waals surface area contributed by atoms with Crippen LogP contribution in [0.2, 0.25) is 0 Å². The van der Waals surface area contributed by atoms with Crippen molar-refractivity contribution in [3.63, 3.8) is 0 Å². The van der Waals surface area contributed by atoms with E-state index in [2.05, 4.69) is 33.0 Å². The summed E-state index contributed by atoms with van der Waals surface area (Å²) < 4.78 is 11.9. The molecular weight excluding hydrogens is 334 g/mol. The first-order chi connectivity index (χ1) is 10.2. The van der Waals surface area contributed by atoms with Gasteiger partial charge in [0.1, 0.15) is 5.75 Å². The Morgan fingerprint density at radius 1 is 1.48 bits per heavy atom. The van der Waals surface area contributed by atoms with Crippen LogP contribution in [0.25, 0.3) is 0 Å². The summed E-state index contributed by atoms with van der Waals surface area (Å²) in [5.41, 5.74) is 2.42. The predicted octanol–water partition coefficient (Wildman–Crippen LogP) is 2.91. The molecule has 1 fully saturated rings. The summed E-state index contributed by atoms with van der Waals surface area (Å²) >= 11 is 3.57. The van der Waals surface area contributed by atoms with E-state index in [0.717, 1.165) is 48.2 Å². The SMILES string of the molecule is CCOC(=O)CN(Cc1cc(Br)cc2c1OCC2)C1CC1. The Balaban J connectivity index is 1.75. The molecule has 0 aromatic heterocycles. The lowest BCUT2D eigenvalue weighted by molar-refractivity contribution is -0.144. The van der Waals surface area contributed by atoms with Crippen molar-refractivity contribution in [2.75, 3.05) is 19.8 Å². The van der Waals surface area contributed by atoms with Gasteiger partial charge >= 0.3 is 5.97 Å². The average molecular weight is 354 g/mol. The summed E-state index contributed by atoms with van der Waals surface area (Å²) in [4.78, 5) is 14.0. The second kappa shape index (κ2) is 6.36. The number of rotatable bonds is 6. The van der Waals surface area contributed by atoms with Crippen molar-refractivity contribution in [2.45, 2.75) is 38.8 Å². The van der Waals surface area contributed by atoms with Gasteiger partial charge in [-0.15, -0.1) is 0 Å². The predicted molar refractivity (Wildman–Crippen MR) is 83.4 cm³/mol. The first kappa shape index (κ1) is 14.9. The van der Waals surface area contributed by atoms with E-state index in [4.69, 9.17) is 9.47 Å². The van der Waals surface area contributed by atoms with Crippen LogP contribution in [0.4, 0.5) is 0 Å². The van der Waals surface area contributed by atoms with Crippen molar-refractivity contribution in [3.8, 4) is 5.75 Å². The number of carbonyl (C=O) groups excluding carboxylic acids is 1. The highest BCUT2D eigenvalue weighted by Crippen LogP contribution is 2.36. The molecule has 2 aliphatic rings. The van der Waals surface area contributed by atoms with Crippen molar-refractivity contribution >= 4 is 21.9 Å². The summed E-state index contributed by atoms with van der Waals surface area (Å²) in [6.45, 7) is 4.13. The summed E-state index contributed by atoms with van der Waals surface area (Å²) in [7, 11) is 0. The number of hydrogen-bond acceptors (Lipinski definition) is 4. The van der Waals surface area contributed by atoms with Crippen LogP contribution in [0, 0.1) is 0 Å². The van der Waals surface area contributed by atoms with Crippen LogP contribution >= 0.6 is 15.9 Å². The van der Waals surface area contributed by atoms with E-state index in [1.54, 1.807) is 0 Å². The van der Waals surface area contributed by atoms with Crippen LogP contribution in [0.1, 0.15) is 30.9 Å². The lowest BCUT2D eigenvalue weighted by atomic mass is 10.1. The Labute approximate surface area is 133 Å². The molecule has 0 saturated heterocycles. The van der Waals surface area contributed by atoms with Crippen LogP contribution in [-0.2, 0) is 22.5 Å². The largest absolute Gasteiger partial charge is 0.493 e. The van der Waals surface area contributed by atoms with Gasteiger partial charge in [-0.25, -0.2) is 0 Å². The number of carbonyl (C=O) groups is 1. The molecular formula is C16H20BrNO3. The fourth-order valence-electron chi connectivity index (χ4n) is 2.81. The first-order valence-corrected chi connectivity index (χ1v) is 8.30. The Kier molecular flexibility index (Phi) is 4.50. The third-order valence-electron chi connectivity index (χ3n) is 3.90. The average Bonchev–Trinajstić information content (AvgIpc) is 3.17. The van der Waals surface area contributed by atoms with Crippen LogP contribution < -0.4 is 4.74 Å². The maximum absolute atomic E-state index is 11.8. The zero-order valence-electron chi connectivity index (χ0n) is 12.2. The Morgan fingerprint density at radius 2 is 2.29 bits per heavy atom. The van der Waals surface area contributed by atoms with E-state index in [9.17, 15) is 4.79 Å². The second-order valence-corrected chi connectivity index (χ2v) is 6.51. The van der Waals surface area contributed by atoms with E-state index in [1.165, 1.54) is 5.56 Å². The second-order valence-electron chi connectivity index (χ2n) is 5.59. The van der Waals surface area contributed by atoms with E-state index in [1.807, 2.05) is 6.92 Å². The molecule has 0 bridgehead atoms. The monoisotopic (exact) mass is 353 g/mol.